The van der Waals surface area contributed by atoms with Gasteiger partial charge in [-0.3, -0.25) is 15.4 Å². The Balaban J connectivity index is 0.000000219. The number of rotatable bonds is 8. The fourth-order valence-corrected chi connectivity index (χ4v) is 9.13. The van der Waals surface area contributed by atoms with E-state index in [0.29, 0.717) is 73.9 Å². The summed E-state index contributed by atoms with van der Waals surface area (Å²) >= 11 is 8.00. The van der Waals surface area contributed by atoms with Gasteiger partial charge in [-0.25, -0.2) is 29.5 Å². The molecule has 2 aliphatic rings. The molecule has 358 valence electrons. The van der Waals surface area contributed by atoms with Gasteiger partial charge in [-0.1, -0.05) is 46.9 Å². The first-order valence-electron chi connectivity index (χ1n) is 19.8. The monoisotopic (exact) mass is 1020 g/mol. The van der Waals surface area contributed by atoms with E-state index in [1.165, 1.54) is 61.3 Å². The summed E-state index contributed by atoms with van der Waals surface area (Å²) in [5.41, 5.74) is 4.44. The summed E-state index contributed by atoms with van der Waals surface area (Å²) in [7, 11) is 2.92. The molecular formula is C40H40Cl2F6N12O5S2. The molecule has 8 rings (SSSR count). The second kappa shape index (κ2) is 20.5. The highest BCUT2D eigenvalue weighted by atomic mass is 35.5. The number of thiazole rings is 2. The van der Waals surface area contributed by atoms with E-state index >= 15 is 0 Å². The van der Waals surface area contributed by atoms with Crippen LogP contribution >= 0.6 is 46.7 Å². The Hall–Kier alpha value is -5.89. The van der Waals surface area contributed by atoms with Crippen LogP contribution in [0.25, 0.3) is 20.7 Å². The van der Waals surface area contributed by atoms with Gasteiger partial charge in [0.1, 0.15) is 18.5 Å². The minimum Gasteiger partial charge on any atom is -0.479 e. The van der Waals surface area contributed by atoms with Crippen LogP contribution in [0.3, 0.4) is 0 Å². The Morgan fingerprint density at radius 2 is 1.15 bits per heavy atom. The Morgan fingerprint density at radius 3 is 1.58 bits per heavy atom. The number of urea groups is 2. The minimum absolute atomic E-state index is 0. The highest BCUT2D eigenvalue weighted by molar-refractivity contribution is 7.22. The molecule has 0 unspecified atom stereocenters. The molecule has 2 fully saturated rings. The standard InChI is InChI=1S/C21H20ClF3N6O3S.C19H19F3N6O2S.ClH/c1-34-16-15-17(27-11-26-16)35-18(28-15)29-19(33)31-7-5-20(6-8-31,30-14(32)10-22)12-3-2-4-13(9-12)21(23,24)25;1-30-14-13-15(25-10-24-14)31-16(26-13)27-17(29)28-7-5-18(23,6-8-28)11-3-2-4-12(9-11)19(20,21)22;/h2-4,9,11H,5-8,10H2,1H3,(H,30,32)(H,28,29,33);2-4,9-10H,5-8,23H2,1H3,(H,26,27,29);1H. The number of hydrogen-bond acceptors (Lipinski definition) is 14. The summed E-state index contributed by atoms with van der Waals surface area (Å²) in [6.07, 6.45) is -5.22. The molecule has 4 aromatic heterocycles. The number of carbonyl (C=O) groups is 3. The third-order valence-corrected chi connectivity index (χ3v) is 13.0. The summed E-state index contributed by atoms with van der Waals surface area (Å²) in [5.74, 6) is -0.250. The van der Waals surface area contributed by atoms with Gasteiger partial charge in [-0.2, -0.15) is 36.3 Å². The molecule has 17 nitrogen and oxygen atoms in total. The summed E-state index contributed by atoms with van der Waals surface area (Å²) in [6.45, 7) is 0.955. The molecule has 2 saturated heterocycles. The van der Waals surface area contributed by atoms with Crippen LogP contribution in [0.15, 0.2) is 61.2 Å². The molecule has 0 atom stereocenters. The van der Waals surface area contributed by atoms with Crippen LogP contribution in [-0.2, 0) is 28.2 Å². The lowest BCUT2D eigenvalue weighted by Crippen LogP contribution is -2.55. The van der Waals surface area contributed by atoms with Crippen molar-refractivity contribution in [3.63, 3.8) is 0 Å². The fourth-order valence-electron chi connectivity index (χ4n) is 7.49. The number of likely N-dealkylation sites (tertiary alicyclic amines) is 2. The first-order valence-corrected chi connectivity index (χ1v) is 22.0. The maximum atomic E-state index is 13.3. The number of nitrogens with one attached hydrogen (secondary N) is 3. The summed E-state index contributed by atoms with van der Waals surface area (Å²) in [6, 6.07) is 9.11. The highest BCUT2D eigenvalue weighted by Gasteiger charge is 2.41. The third-order valence-electron chi connectivity index (χ3n) is 11.0. The van der Waals surface area contributed by atoms with E-state index < -0.39 is 46.5 Å². The first-order chi connectivity index (χ1) is 31.3. The molecule has 0 aliphatic carbocycles. The molecular weight excluding hydrogens is 978 g/mol. The summed E-state index contributed by atoms with van der Waals surface area (Å²) in [5, 5.41) is 8.87. The van der Waals surface area contributed by atoms with Crippen LogP contribution < -0.4 is 31.2 Å². The molecule has 0 radical (unpaired) electrons. The number of nitrogens with zero attached hydrogens (tertiary/aromatic N) is 8. The normalized spacial score (nSPS) is 15.7. The smallest absolute Gasteiger partial charge is 0.416 e. The van der Waals surface area contributed by atoms with Crippen molar-refractivity contribution >= 4 is 95.6 Å². The van der Waals surface area contributed by atoms with Crippen LogP contribution in [0.1, 0.15) is 47.9 Å². The zero-order valence-corrected chi connectivity index (χ0v) is 38.4. The number of piperidine rings is 2. The number of amides is 5. The van der Waals surface area contributed by atoms with E-state index in [-0.39, 0.29) is 56.1 Å². The van der Waals surface area contributed by atoms with Crippen LogP contribution in [-0.4, -0.2) is 104 Å². The van der Waals surface area contributed by atoms with Crippen molar-refractivity contribution in [2.24, 2.45) is 5.73 Å². The van der Waals surface area contributed by atoms with Gasteiger partial charge in [0.15, 0.2) is 31.0 Å². The van der Waals surface area contributed by atoms with Gasteiger partial charge < -0.3 is 30.3 Å². The number of anilines is 2. The highest BCUT2D eigenvalue weighted by Crippen LogP contribution is 2.39. The molecule has 0 spiro atoms. The number of benzene rings is 2. The van der Waals surface area contributed by atoms with Gasteiger partial charge in [0.25, 0.3) is 0 Å². The summed E-state index contributed by atoms with van der Waals surface area (Å²) in [4.78, 5) is 66.7. The SMILES string of the molecule is COc1ncnc2sc(NC(=O)N3CCC(N)(c4cccc(C(F)(F)F)c4)CC3)nc12.COc1ncnc2sc(NC(=O)N3CCC(NC(=O)CCl)(c4cccc(C(F)(F)F)c4)CC3)nc12.Cl. The van der Waals surface area contributed by atoms with E-state index in [1.54, 1.807) is 11.0 Å². The van der Waals surface area contributed by atoms with Gasteiger partial charge in [0.2, 0.25) is 17.7 Å². The number of carbonyl (C=O) groups excluding carboxylic acids is 3. The van der Waals surface area contributed by atoms with Crippen molar-refractivity contribution in [2.45, 2.75) is 49.1 Å². The van der Waals surface area contributed by atoms with Crippen LogP contribution in [0.2, 0.25) is 0 Å². The lowest BCUT2D eigenvalue weighted by Gasteiger charge is -2.42. The Kier molecular flexibility index (Phi) is 15.5. The predicted octanol–water partition coefficient (Wildman–Crippen LogP) is 8.01. The zero-order valence-electron chi connectivity index (χ0n) is 35.2. The van der Waals surface area contributed by atoms with Crippen LogP contribution in [0.5, 0.6) is 11.8 Å². The maximum Gasteiger partial charge on any atom is 0.416 e. The van der Waals surface area contributed by atoms with E-state index in [4.69, 9.17) is 26.8 Å². The van der Waals surface area contributed by atoms with Crippen molar-refractivity contribution in [3.8, 4) is 11.8 Å². The van der Waals surface area contributed by atoms with Gasteiger partial charge in [-0.15, -0.1) is 24.0 Å². The number of ether oxygens (including phenoxy) is 2. The van der Waals surface area contributed by atoms with Crippen molar-refractivity contribution in [1.82, 2.24) is 45.0 Å². The minimum atomic E-state index is -4.53. The second-order valence-corrected chi connectivity index (χ2v) is 17.2. The van der Waals surface area contributed by atoms with Gasteiger partial charge in [0, 0.05) is 31.7 Å². The number of aromatic nitrogens is 6. The van der Waals surface area contributed by atoms with Crippen molar-refractivity contribution in [1.29, 1.82) is 0 Å². The molecule has 2 aromatic carbocycles. The number of hydrogen-bond donors (Lipinski definition) is 4. The lowest BCUT2D eigenvalue weighted by molar-refractivity contribution is -0.138. The molecule has 67 heavy (non-hydrogen) atoms. The fraction of sp³-hybridized carbons (Fsp3) is 0.375. The Morgan fingerprint density at radius 1 is 0.716 bits per heavy atom. The molecule has 5 amide bonds. The zero-order chi connectivity index (χ0) is 47.4. The lowest BCUT2D eigenvalue weighted by atomic mass is 9.80. The van der Waals surface area contributed by atoms with Gasteiger partial charge >= 0.3 is 24.4 Å². The average molecular weight is 1020 g/mol. The number of alkyl halides is 7. The van der Waals surface area contributed by atoms with Crippen molar-refractivity contribution in [3.05, 3.63) is 83.4 Å². The quantitative estimate of drug-likeness (QED) is 0.0843. The van der Waals surface area contributed by atoms with E-state index in [1.807, 2.05) is 0 Å². The third kappa shape index (κ3) is 11.5. The maximum absolute atomic E-state index is 13.3. The largest absolute Gasteiger partial charge is 0.479 e. The topological polar surface area (TPSA) is 216 Å². The molecule has 6 heterocycles. The first kappa shape index (κ1) is 50.5. The van der Waals surface area contributed by atoms with Gasteiger partial charge in [0.05, 0.1) is 30.9 Å². The van der Waals surface area contributed by atoms with Crippen molar-refractivity contribution in [2.75, 3.05) is 56.9 Å². The van der Waals surface area contributed by atoms with E-state index in [2.05, 4.69) is 45.9 Å². The Labute approximate surface area is 396 Å². The molecule has 6 aromatic rings. The van der Waals surface area contributed by atoms with E-state index in [9.17, 15) is 40.7 Å². The van der Waals surface area contributed by atoms with Crippen LogP contribution in [0.4, 0.5) is 46.2 Å². The number of nitrogens with two attached hydrogens (primary N) is 1. The van der Waals surface area contributed by atoms with Crippen LogP contribution in [0, 0.1) is 0 Å². The predicted molar refractivity (Wildman–Crippen MR) is 240 cm³/mol. The second-order valence-electron chi connectivity index (χ2n) is 15.0. The van der Waals surface area contributed by atoms with Crippen molar-refractivity contribution < 1.29 is 50.2 Å². The van der Waals surface area contributed by atoms with Gasteiger partial charge in [-0.05, 0) is 61.1 Å². The van der Waals surface area contributed by atoms with E-state index in [0.717, 1.165) is 35.6 Å². The Bertz CT molecular complexity index is 2730. The number of fused-ring (bicyclic) bond motifs is 2. The number of methoxy groups -OCH3 is 2. The number of halogens is 8. The molecule has 5 N–H and O–H groups in total. The molecule has 2 aliphatic heterocycles. The summed E-state index contributed by atoms with van der Waals surface area (Å²) < 4.78 is 89.3. The molecule has 27 heteroatoms. The average Bonchev–Trinajstić information content (AvgIpc) is 3.92. The molecule has 0 saturated carbocycles. The molecule has 0 bridgehead atoms.